The second-order valence-corrected chi connectivity index (χ2v) is 4.46. The SMILES string of the molecule is O=C(O)C1CCCN1c1cccc(Cl)c1[N+](=O)[O-]. The molecule has 0 bridgehead atoms. The zero-order chi connectivity index (χ0) is 13.3. The van der Waals surface area contributed by atoms with E-state index >= 15 is 0 Å². The maximum Gasteiger partial charge on any atom is 0.326 e. The van der Waals surface area contributed by atoms with Crippen molar-refractivity contribution in [3.8, 4) is 0 Å². The van der Waals surface area contributed by atoms with Crippen LogP contribution in [-0.2, 0) is 4.79 Å². The van der Waals surface area contributed by atoms with E-state index in [0.29, 0.717) is 19.4 Å². The number of carboxylic acids is 1. The monoisotopic (exact) mass is 270 g/mol. The molecule has 1 fully saturated rings. The van der Waals surface area contributed by atoms with Crippen LogP contribution < -0.4 is 4.90 Å². The van der Waals surface area contributed by atoms with Crippen LogP contribution in [0.25, 0.3) is 0 Å². The maximum atomic E-state index is 11.1. The number of hydrogen-bond donors (Lipinski definition) is 1. The van der Waals surface area contributed by atoms with Gasteiger partial charge in [-0.25, -0.2) is 4.79 Å². The van der Waals surface area contributed by atoms with Crippen molar-refractivity contribution in [1.82, 2.24) is 0 Å². The molecule has 1 atom stereocenters. The van der Waals surface area contributed by atoms with Gasteiger partial charge in [0.15, 0.2) is 0 Å². The molecule has 1 aliphatic heterocycles. The lowest BCUT2D eigenvalue weighted by Gasteiger charge is -2.23. The highest BCUT2D eigenvalue weighted by Crippen LogP contribution is 2.38. The van der Waals surface area contributed by atoms with E-state index in [2.05, 4.69) is 0 Å². The van der Waals surface area contributed by atoms with Crippen molar-refractivity contribution in [1.29, 1.82) is 0 Å². The molecule has 1 N–H and O–H groups in total. The fraction of sp³-hybridized carbons (Fsp3) is 0.364. The van der Waals surface area contributed by atoms with Crippen LogP contribution in [-0.4, -0.2) is 28.6 Å². The molecular weight excluding hydrogens is 260 g/mol. The van der Waals surface area contributed by atoms with Gasteiger partial charge in [0.05, 0.1) is 4.92 Å². The lowest BCUT2D eigenvalue weighted by molar-refractivity contribution is -0.384. The molecular formula is C11H11ClN2O4. The molecule has 0 radical (unpaired) electrons. The van der Waals surface area contributed by atoms with Gasteiger partial charge in [-0.2, -0.15) is 0 Å². The van der Waals surface area contributed by atoms with E-state index in [9.17, 15) is 14.9 Å². The second kappa shape index (κ2) is 4.81. The summed E-state index contributed by atoms with van der Waals surface area (Å²) in [6.45, 7) is 0.484. The molecule has 96 valence electrons. The number of anilines is 1. The minimum absolute atomic E-state index is 0.0218. The van der Waals surface area contributed by atoms with Crippen molar-refractivity contribution in [3.63, 3.8) is 0 Å². The third-order valence-corrected chi connectivity index (χ3v) is 3.30. The molecule has 0 saturated carbocycles. The Kier molecular flexibility index (Phi) is 3.38. The summed E-state index contributed by atoms with van der Waals surface area (Å²) in [5.41, 5.74) is 0.0460. The first-order chi connectivity index (χ1) is 8.52. The van der Waals surface area contributed by atoms with Gasteiger partial charge in [-0.05, 0) is 25.0 Å². The lowest BCUT2D eigenvalue weighted by atomic mass is 10.2. The Bertz CT molecular complexity index is 506. The number of nitro benzene ring substituents is 1. The lowest BCUT2D eigenvalue weighted by Crippen LogP contribution is -2.36. The summed E-state index contributed by atoms with van der Waals surface area (Å²) in [6, 6.07) is 3.82. The Balaban J connectivity index is 2.48. The molecule has 0 spiro atoms. The predicted octanol–water partition coefficient (Wildman–Crippen LogP) is 2.30. The number of rotatable bonds is 3. The van der Waals surface area contributed by atoms with Crippen molar-refractivity contribution >= 4 is 28.9 Å². The molecule has 1 saturated heterocycles. The Morgan fingerprint density at radius 3 is 2.89 bits per heavy atom. The highest BCUT2D eigenvalue weighted by molar-refractivity contribution is 6.33. The van der Waals surface area contributed by atoms with E-state index in [4.69, 9.17) is 16.7 Å². The topological polar surface area (TPSA) is 83.7 Å². The first kappa shape index (κ1) is 12.6. The number of carbonyl (C=O) groups is 1. The summed E-state index contributed by atoms with van der Waals surface area (Å²) < 4.78 is 0. The smallest absolute Gasteiger partial charge is 0.326 e. The number of hydrogen-bond acceptors (Lipinski definition) is 4. The maximum absolute atomic E-state index is 11.1. The van der Waals surface area contributed by atoms with Crippen LogP contribution in [0.1, 0.15) is 12.8 Å². The van der Waals surface area contributed by atoms with Crippen molar-refractivity contribution in [2.24, 2.45) is 0 Å². The van der Waals surface area contributed by atoms with Crippen molar-refractivity contribution < 1.29 is 14.8 Å². The number of benzene rings is 1. The summed E-state index contributed by atoms with van der Waals surface area (Å²) >= 11 is 5.81. The van der Waals surface area contributed by atoms with Gasteiger partial charge in [-0.3, -0.25) is 10.1 Å². The summed E-state index contributed by atoms with van der Waals surface area (Å²) in [5.74, 6) is -0.971. The number of aliphatic carboxylic acids is 1. The van der Waals surface area contributed by atoms with Crippen LogP contribution in [0.3, 0.4) is 0 Å². The average molecular weight is 271 g/mol. The molecule has 1 aliphatic rings. The fourth-order valence-corrected chi connectivity index (χ4v) is 2.47. The normalized spacial score (nSPS) is 18.9. The van der Waals surface area contributed by atoms with Gasteiger partial charge in [-0.15, -0.1) is 0 Å². The van der Waals surface area contributed by atoms with E-state index in [1.54, 1.807) is 6.07 Å². The third kappa shape index (κ3) is 2.11. The number of nitrogens with zero attached hydrogens (tertiary/aromatic N) is 2. The Hall–Kier alpha value is -1.82. The first-order valence-corrected chi connectivity index (χ1v) is 5.82. The van der Waals surface area contributed by atoms with E-state index < -0.39 is 16.9 Å². The largest absolute Gasteiger partial charge is 0.480 e. The highest BCUT2D eigenvalue weighted by atomic mass is 35.5. The molecule has 0 amide bonds. The van der Waals surface area contributed by atoms with Gasteiger partial charge in [-0.1, -0.05) is 17.7 Å². The van der Waals surface area contributed by atoms with E-state index in [1.807, 2.05) is 0 Å². The zero-order valence-electron chi connectivity index (χ0n) is 9.38. The standard InChI is InChI=1S/C11H11ClN2O4/c12-7-3-1-4-8(10(7)14(17)18)13-6-2-5-9(13)11(15)16/h1,3-4,9H,2,5-6H2,(H,15,16). The van der Waals surface area contributed by atoms with Crippen molar-refractivity contribution in [3.05, 3.63) is 33.3 Å². The van der Waals surface area contributed by atoms with Crippen LogP contribution in [0, 0.1) is 10.1 Å². The number of halogens is 1. The van der Waals surface area contributed by atoms with Gasteiger partial charge < -0.3 is 10.0 Å². The number of para-hydroxylation sites is 1. The van der Waals surface area contributed by atoms with Gasteiger partial charge in [0.25, 0.3) is 0 Å². The van der Waals surface area contributed by atoms with E-state index in [0.717, 1.165) is 0 Å². The fourth-order valence-electron chi connectivity index (χ4n) is 2.23. The molecule has 18 heavy (non-hydrogen) atoms. The van der Waals surface area contributed by atoms with Crippen LogP contribution >= 0.6 is 11.6 Å². The van der Waals surface area contributed by atoms with Crippen molar-refractivity contribution in [2.45, 2.75) is 18.9 Å². The minimum atomic E-state index is -0.971. The third-order valence-electron chi connectivity index (χ3n) is 3.00. The summed E-state index contributed by atoms with van der Waals surface area (Å²) in [4.78, 5) is 23.1. The minimum Gasteiger partial charge on any atom is -0.480 e. The van der Waals surface area contributed by atoms with Gasteiger partial charge >= 0.3 is 11.7 Å². The number of nitro groups is 1. The van der Waals surface area contributed by atoms with Gasteiger partial charge in [0.1, 0.15) is 16.8 Å². The Morgan fingerprint density at radius 2 is 2.28 bits per heavy atom. The summed E-state index contributed by atoms with van der Waals surface area (Å²) in [6.07, 6.45) is 1.18. The van der Waals surface area contributed by atoms with Crippen LogP contribution in [0.5, 0.6) is 0 Å². The first-order valence-electron chi connectivity index (χ1n) is 5.44. The summed E-state index contributed by atoms with van der Waals surface area (Å²) in [7, 11) is 0. The van der Waals surface area contributed by atoms with Crippen LogP contribution in [0.15, 0.2) is 18.2 Å². The quantitative estimate of drug-likeness (QED) is 0.673. The van der Waals surface area contributed by atoms with Crippen LogP contribution in [0.4, 0.5) is 11.4 Å². The Morgan fingerprint density at radius 1 is 1.56 bits per heavy atom. The van der Waals surface area contributed by atoms with Gasteiger partial charge in [0.2, 0.25) is 0 Å². The molecule has 1 aromatic carbocycles. The Labute approximate surface area is 108 Å². The zero-order valence-corrected chi connectivity index (χ0v) is 10.1. The van der Waals surface area contributed by atoms with Crippen molar-refractivity contribution in [2.75, 3.05) is 11.4 Å². The predicted molar refractivity (Wildman–Crippen MR) is 66.1 cm³/mol. The van der Waals surface area contributed by atoms with E-state index in [1.165, 1.54) is 17.0 Å². The molecule has 1 aromatic rings. The van der Waals surface area contributed by atoms with Gasteiger partial charge in [0, 0.05) is 6.54 Å². The number of carboxylic acid groups (broad SMARTS) is 1. The molecule has 6 nitrogen and oxygen atoms in total. The average Bonchev–Trinajstić information content (AvgIpc) is 2.76. The van der Waals surface area contributed by atoms with E-state index in [-0.39, 0.29) is 16.4 Å². The van der Waals surface area contributed by atoms with Crippen LogP contribution in [0.2, 0.25) is 5.02 Å². The summed E-state index contributed by atoms with van der Waals surface area (Å²) in [5, 5.41) is 20.1. The molecule has 1 unspecified atom stereocenters. The molecule has 2 rings (SSSR count). The highest BCUT2D eigenvalue weighted by Gasteiger charge is 2.35. The molecule has 1 heterocycles. The molecule has 0 aliphatic carbocycles. The molecule has 0 aromatic heterocycles. The second-order valence-electron chi connectivity index (χ2n) is 4.05. The molecule has 7 heteroatoms.